The summed E-state index contributed by atoms with van der Waals surface area (Å²) in [6.45, 7) is 10.8. The third kappa shape index (κ3) is 6.09. The topological polar surface area (TPSA) is 65.1 Å². The van der Waals surface area contributed by atoms with E-state index in [4.69, 9.17) is 4.74 Å². The van der Waals surface area contributed by atoms with Crippen LogP contribution in [-0.4, -0.2) is 81.1 Å². The summed E-state index contributed by atoms with van der Waals surface area (Å²) in [6, 6.07) is 17.9. The van der Waals surface area contributed by atoms with Crippen LogP contribution in [0, 0.1) is 13.8 Å². The minimum Gasteiger partial charge on any atom is -0.383 e. The normalized spacial score (nSPS) is 19.5. The van der Waals surface area contributed by atoms with E-state index in [2.05, 4.69) is 47.2 Å². The van der Waals surface area contributed by atoms with E-state index in [0.29, 0.717) is 25.3 Å². The summed E-state index contributed by atoms with van der Waals surface area (Å²) in [5, 5.41) is 5.23. The molecule has 1 fully saturated rings. The Morgan fingerprint density at radius 1 is 1.02 bits per heavy atom. The molecule has 1 N–H and O–H groups in total. The summed E-state index contributed by atoms with van der Waals surface area (Å²) in [4.78, 5) is 35.1. The van der Waals surface area contributed by atoms with Crippen LogP contribution in [0.2, 0.25) is 0 Å². The number of nitrogens with zero attached hydrogens (tertiary/aromatic N) is 3. The van der Waals surface area contributed by atoms with Crippen molar-refractivity contribution in [1.29, 1.82) is 0 Å². The second-order valence-electron chi connectivity index (χ2n) is 10.8. The SMILES string of the molecule is COCCN1C(=O)c2ccccc2[C@H](C(=O)NCCCN2CCN(c3cc(C)ccc3C)CC2)[C@H]1c1cccs1. The number of thiophene rings is 1. The molecule has 0 bridgehead atoms. The van der Waals surface area contributed by atoms with Gasteiger partial charge in [-0.25, -0.2) is 0 Å². The van der Waals surface area contributed by atoms with Gasteiger partial charge in [-0.05, 0) is 67.1 Å². The Kier molecular flexibility index (Phi) is 9.19. The first kappa shape index (κ1) is 28.3. The lowest BCUT2D eigenvalue weighted by atomic mass is 9.81. The minimum atomic E-state index is -0.467. The van der Waals surface area contributed by atoms with Gasteiger partial charge in [0.1, 0.15) is 0 Å². The van der Waals surface area contributed by atoms with Crippen molar-refractivity contribution in [2.24, 2.45) is 0 Å². The molecule has 8 heteroatoms. The van der Waals surface area contributed by atoms with Crippen molar-refractivity contribution in [2.45, 2.75) is 32.2 Å². The van der Waals surface area contributed by atoms with Gasteiger partial charge in [0.05, 0.1) is 18.6 Å². The molecule has 2 amide bonds. The highest BCUT2D eigenvalue weighted by Crippen LogP contribution is 2.44. The molecule has 7 nitrogen and oxygen atoms in total. The van der Waals surface area contributed by atoms with E-state index in [1.54, 1.807) is 18.4 Å². The Hall–Kier alpha value is -3.20. The number of anilines is 1. The maximum absolute atomic E-state index is 13.8. The second kappa shape index (κ2) is 13.0. The number of fused-ring (bicyclic) bond motifs is 1. The number of aryl methyl sites for hydroxylation is 2. The third-order valence-electron chi connectivity index (χ3n) is 8.12. The van der Waals surface area contributed by atoms with Crippen molar-refractivity contribution in [2.75, 3.05) is 64.4 Å². The predicted octanol–water partition coefficient (Wildman–Crippen LogP) is 4.62. The summed E-state index contributed by atoms with van der Waals surface area (Å²) < 4.78 is 5.32. The average Bonchev–Trinajstić information content (AvgIpc) is 3.51. The van der Waals surface area contributed by atoms with Crippen molar-refractivity contribution >= 4 is 28.8 Å². The highest BCUT2D eigenvalue weighted by Gasteiger charge is 2.44. The van der Waals surface area contributed by atoms with Crippen LogP contribution in [0.4, 0.5) is 5.69 Å². The van der Waals surface area contributed by atoms with Gasteiger partial charge in [-0.15, -0.1) is 11.3 Å². The van der Waals surface area contributed by atoms with Gasteiger partial charge in [0.15, 0.2) is 0 Å². The van der Waals surface area contributed by atoms with Gasteiger partial charge in [-0.2, -0.15) is 0 Å². The number of amides is 2. The molecule has 0 radical (unpaired) electrons. The number of piperazine rings is 1. The first-order valence-electron chi connectivity index (χ1n) is 14.2. The number of benzene rings is 2. The zero-order valence-electron chi connectivity index (χ0n) is 23.8. The number of rotatable bonds is 10. The maximum atomic E-state index is 13.8. The summed E-state index contributed by atoms with van der Waals surface area (Å²) in [5.74, 6) is -0.541. The van der Waals surface area contributed by atoms with Crippen LogP contribution in [0.1, 0.15) is 50.3 Å². The van der Waals surface area contributed by atoms with Crippen LogP contribution in [0.25, 0.3) is 0 Å². The number of carbonyl (C=O) groups excluding carboxylic acids is 2. The molecule has 0 unspecified atom stereocenters. The Bertz CT molecular complexity index is 1300. The zero-order valence-corrected chi connectivity index (χ0v) is 24.6. The molecule has 0 aliphatic carbocycles. The molecule has 1 saturated heterocycles. The largest absolute Gasteiger partial charge is 0.383 e. The van der Waals surface area contributed by atoms with Gasteiger partial charge in [0.2, 0.25) is 5.91 Å². The summed E-state index contributed by atoms with van der Waals surface area (Å²) in [6.07, 6.45) is 0.888. The smallest absolute Gasteiger partial charge is 0.254 e. The van der Waals surface area contributed by atoms with E-state index in [1.165, 1.54) is 16.8 Å². The number of carbonyl (C=O) groups is 2. The molecular formula is C32H40N4O3S. The molecule has 2 aliphatic rings. The van der Waals surface area contributed by atoms with E-state index < -0.39 is 5.92 Å². The lowest BCUT2D eigenvalue weighted by Crippen LogP contribution is -2.49. The van der Waals surface area contributed by atoms with Crippen molar-refractivity contribution in [3.05, 3.63) is 87.1 Å². The maximum Gasteiger partial charge on any atom is 0.254 e. The van der Waals surface area contributed by atoms with E-state index in [0.717, 1.165) is 49.6 Å². The number of ether oxygens (including phenoxy) is 1. The molecule has 1 aromatic heterocycles. The number of methoxy groups -OCH3 is 1. The molecule has 212 valence electrons. The molecule has 2 aromatic carbocycles. The van der Waals surface area contributed by atoms with Crippen molar-refractivity contribution in [3.63, 3.8) is 0 Å². The number of nitrogens with one attached hydrogen (secondary N) is 1. The van der Waals surface area contributed by atoms with Crippen molar-refractivity contribution in [3.8, 4) is 0 Å². The molecule has 3 heterocycles. The molecule has 2 aliphatic heterocycles. The minimum absolute atomic E-state index is 0.0273. The predicted molar refractivity (Wildman–Crippen MR) is 161 cm³/mol. The highest BCUT2D eigenvalue weighted by atomic mass is 32.1. The zero-order chi connectivity index (χ0) is 28.1. The van der Waals surface area contributed by atoms with Crippen LogP contribution in [0.5, 0.6) is 0 Å². The average molecular weight is 561 g/mol. The Labute approximate surface area is 241 Å². The molecular weight excluding hydrogens is 520 g/mol. The fourth-order valence-electron chi connectivity index (χ4n) is 5.98. The van der Waals surface area contributed by atoms with Crippen LogP contribution >= 0.6 is 11.3 Å². The molecule has 5 rings (SSSR count). The van der Waals surface area contributed by atoms with Gasteiger partial charge < -0.3 is 19.9 Å². The molecule has 3 aromatic rings. The van der Waals surface area contributed by atoms with E-state index in [9.17, 15) is 9.59 Å². The van der Waals surface area contributed by atoms with Crippen LogP contribution < -0.4 is 10.2 Å². The summed E-state index contributed by atoms with van der Waals surface area (Å²) in [7, 11) is 1.64. The first-order chi connectivity index (χ1) is 19.5. The Balaban J connectivity index is 1.21. The second-order valence-corrected chi connectivity index (χ2v) is 11.8. The quantitative estimate of drug-likeness (QED) is 0.367. The number of hydrogen-bond donors (Lipinski definition) is 1. The Morgan fingerprint density at radius 2 is 1.82 bits per heavy atom. The summed E-state index contributed by atoms with van der Waals surface area (Å²) >= 11 is 1.59. The van der Waals surface area contributed by atoms with Crippen LogP contribution in [0.3, 0.4) is 0 Å². The van der Waals surface area contributed by atoms with Crippen LogP contribution in [0.15, 0.2) is 60.0 Å². The standard InChI is InChI=1S/C32H40N4O3S/c1-23-11-12-24(2)27(22-23)35-17-15-34(16-18-35)14-7-13-33-31(37)29-25-8-4-5-9-26(25)32(38)36(19-20-39-3)30(29)28-10-6-21-40-28/h4-6,8-12,21-22,29-30H,7,13-20H2,1-3H3,(H,33,37)/t29-,30+/m0/s1. The summed E-state index contributed by atoms with van der Waals surface area (Å²) in [5.41, 5.74) is 5.38. The first-order valence-corrected chi connectivity index (χ1v) is 15.1. The van der Waals surface area contributed by atoms with Gasteiger partial charge in [-0.3, -0.25) is 14.5 Å². The molecule has 0 spiro atoms. The van der Waals surface area contributed by atoms with Crippen molar-refractivity contribution < 1.29 is 14.3 Å². The van der Waals surface area contributed by atoms with E-state index in [1.807, 2.05) is 46.7 Å². The van der Waals surface area contributed by atoms with Gasteiger partial charge >= 0.3 is 0 Å². The molecule has 0 saturated carbocycles. The highest BCUT2D eigenvalue weighted by molar-refractivity contribution is 7.10. The van der Waals surface area contributed by atoms with Crippen molar-refractivity contribution in [1.82, 2.24) is 15.1 Å². The van der Waals surface area contributed by atoms with Gasteiger partial charge in [0.25, 0.3) is 5.91 Å². The Morgan fingerprint density at radius 3 is 2.58 bits per heavy atom. The fourth-order valence-corrected chi connectivity index (χ4v) is 6.86. The van der Waals surface area contributed by atoms with E-state index >= 15 is 0 Å². The lowest BCUT2D eigenvalue weighted by molar-refractivity contribution is -0.124. The van der Waals surface area contributed by atoms with Gasteiger partial charge in [-0.1, -0.05) is 36.4 Å². The van der Waals surface area contributed by atoms with Crippen LogP contribution in [-0.2, 0) is 9.53 Å². The fraction of sp³-hybridized carbons (Fsp3) is 0.438. The molecule has 40 heavy (non-hydrogen) atoms. The molecule has 2 atom stereocenters. The lowest BCUT2D eigenvalue weighted by Gasteiger charge is -2.41. The van der Waals surface area contributed by atoms with E-state index in [-0.39, 0.29) is 17.9 Å². The third-order valence-corrected chi connectivity index (χ3v) is 9.06. The van der Waals surface area contributed by atoms with Gasteiger partial charge in [0, 0.05) is 62.5 Å². The monoisotopic (exact) mass is 560 g/mol. The number of hydrogen-bond acceptors (Lipinski definition) is 6.